The predicted octanol–water partition coefficient (Wildman–Crippen LogP) is 2.71. The van der Waals surface area contributed by atoms with Crippen molar-refractivity contribution in [2.45, 2.75) is 38.3 Å². The summed E-state index contributed by atoms with van der Waals surface area (Å²) >= 11 is 5.86. The van der Waals surface area contributed by atoms with E-state index >= 15 is 0 Å². The van der Waals surface area contributed by atoms with E-state index in [4.69, 9.17) is 16.3 Å². The lowest BCUT2D eigenvalue weighted by atomic mass is 9.99. The van der Waals surface area contributed by atoms with Crippen LogP contribution in [0, 0.1) is 5.82 Å². The van der Waals surface area contributed by atoms with Gasteiger partial charge in [0, 0.05) is 6.54 Å². The molecule has 0 spiro atoms. The third-order valence-electron chi connectivity index (χ3n) is 3.91. The van der Waals surface area contributed by atoms with Gasteiger partial charge in [0.25, 0.3) is 5.91 Å². The summed E-state index contributed by atoms with van der Waals surface area (Å²) < 4.78 is 18.5. The maximum Gasteiger partial charge on any atom is 0.329 e. The molecule has 22 heavy (non-hydrogen) atoms. The fraction of sp³-hybridized carbons (Fsp3) is 0.467. The van der Waals surface area contributed by atoms with Crippen molar-refractivity contribution in [3.63, 3.8) is 0 Å². The molecule has 1 fully saturated rings. The first-order valence-corrected chi connectivity index (χ1v) is 7.30. The zero-order valence-corrected chi connectivity index (χ0v) is 13.1. The Kier molecular flexibility index (Phi) is 4.60. The Morgan fingerprint density at radius 3 is 2.77 bits per heavy atom. The Morgan fingerprint density at radius 1 is 1.50 bits per heavy atom. The van der Waals surface area contributed by atoms with E-state index in [2.05, 4.69) is 0 Å². The molecule has 1 N–H and O–H groups in total. The van der Waals surface area contributed by atoms with Gasteiger partial charge in [0.2, 0.25) is 0 Å². The molecule has 0 radical (unpaired) electrons. The zero-order valence-electron chi connectivity index (χ0n) is 12.3. The van der Waals surface area contributed by atoms with Crippen LogP contribution < -0.4 is 4.74 Å². The molecule has 0 aliphatic carbocycles. The minimum Gasteiger partial charge on any atom is -0.480 e. The van der Waals surface area contributed by atoms with E-state index < -0.39 is 29.3 Å². The third-order valence-corrected chi connectivity index (χ3v) is 4.21. The molecule has 7 heteroatoms. The van der Waals surface area contributed by atoms with Crippen molar-refractivity contribution in [2.75, 3.05) is 6.54 Å². The highest BCUT2D eigenvalue weighted by Crippen LogP contribution is 2.31. The predicted molar refractivity (Wildman–Crippen MR) is 78.5 cm³/mol. The number of likely N-dealkylation sites (tertiary alicyclic amines) is 1. The summed E-state index contributed by atoms with van der Waals surface area (Å²) in [5.41, 5.74) is -1.22. The standard InChI is InChI=1S/C15H17ClFNO4/c1-9(22-12-5-4-10(17)8-11(12)16)13(19)18-7-3-6-15(18,2)14(20)21/h4-5,8-9H,3,6-7H2,1-2H3,(H,20,21). The average Bonchev–Trinajstić information content (AvgIpc) is 2.84. The van der Waals surface area contributed by atoms with Crippen LogP contribution in [0.25, 0.3) is 0 Å². The van der Waals surface area contributed by atoms with Crippen LogP contribution in [0.15, 0.2) is 18.2 Å². The molecule has 2 atom stereocenters. The number of amides is 1. The van der Waals surface area contributed by atoms with Crippen LogP contribution in [0.2, 0.25) is 5.02 Å². The highest BCUT2D eigenvalue weighted by molar-refractivity contribution is 6.32. The Balaban J connectivity index is 2.14. The van der Waals surface area contributed by atoms with Crippen molar-refractivity contribution in [3.05, 3.63) is 29.0 Å². The lowest BCUT2D eigenvalue weighted by Gasteiger charge is -2.33. The Labute approximate surface area is 132 Å². The number of halogens is 2. The Morgan fingerprint density at radius 2 is 2.18 bits per heavy atom. The molecule has 2 rings (SSSR count). The van der Waals surface area contributed by atoms with Gasteiger partial charge in [0.1, 0.15) is 17.1 Å². The first-order chi connectivity index (χ1) is 10.3. The summed E-state index contributed by atoms with van der Waals surface area (Å²) in [6.07, 6.45) is 0.108. The molecule has 1 aromatic rings. The lowest BCUT2D eigenvalue weighted by Crippen LogP contribution is -2.54. The van der Waals surface area contributed by atoms with E-state index in [-0.39, 0.29) is 10.8 Å². The van der Waals surface area contributed by atoms with Crippen LogP contribution >= 0.6 is 11.6 Å². The van der Waals surface area contributed by atoms with Gasteiger partial charge in [-0.3, -0.25) is 4.79 Å². The molecule has 1 aliphatic rings. The van der Waals surface area contributed by atoms with Gasteiger partial charge in [0.15, 0.2) is 6.10 Å². The molecular weight excluding hydrogens is 313 g/mol. The largest absolute Gasteiger partial charge is 0.480 e. The van der Waals surface area contributed by atoms with Gasteiger partial charge in [-0.05, 0) is 44.9 Å². The molecule has 0 bridgehead atoms. The summed E-state index contributed by atoms with van der Waals surface area (Å²) in [4.78, 5) is 25.2. The molecule has 2 unspecified atom stereocenters. The van der Waals surface area contributed by atoms with Crippen molar-refractivity contribution in [3.8, 4) is 5.75 Å². The molecule has 1 aliphatic heterocycles. The lowest BCUT2D eigenvalue weighted by molar-refractivity contribution is -0.157. The van der Waals surface area contributed by atoms with Crippen LogP contribution in [0.3, 0.4) is 0 Å². The first kappa shape index (κ1) is 16.5. The minimum absolute atomic E-state index is 0.0575. The molecule has 1 saturated heterocycles. The molecule has 5 nitrogen and oxygen atoms in total. The molecule has 0 aromatic heterocycles. The van der Waals surface area contributed by atoms with E-state index in [0.717, 1.165) is 6.07 Å². The first-order valence-electron chi connectivity index (χ1n) is 6.92. The van der Waals surface area contributed by atoms with Gasteiger partial charge >= 0.3 is 5.97 Å². The fourth-order valence-corrected chi connectivity index (χ4v) is 2.78. The number of aliphatic carboxylic acids is 1. The highest BCUT2D eigenvalue weighted by Gasteiger charge is 2.47. The third kappa shape index (κ3) is 3.02. The van der Waals surface area contributed by atoms with Crippen molar-refractivity contribution >= 4 is 23.5 Å². The van der Waals surface area contributed by atoms with Gasteiger partial charge in [-0.25, -0.2) is 9.18 Å². The van der Waals surface area contributed by atoms with Crippen LogP contribution in [-0.2, 0) is 9.59 Å². The van der Waals surface area contributed by atoms with Crippen molar-refractivity contribution in [1.82, 2.24) is 4.90 Å². The topological polar surface area (TPSA) is 66.8 Å². The second-order valence-corrected chi connectivity index (χ2v) is 5.91. The summed E-state index contributed by atoms with van der Waals surface area (Å²) in [5, 5.41) is 9.40. The number of carboxylic acids is 1. The number of carbonyl (C=O) groups is 2. The zero-order chi connectivity index (χ0) is 16.5. The van der Waals surface area contributed by atoms with Crippen molar-refractivity contribution in [1.29, 1.82) is 0 Å². The van der Waals surface area contributed by atoms with E-state index in [1.807, 2.05) is 0 Å². The molecule has 1 heterocycles. The number of hydrogen-bond donors (Lipinski definition) is 1. The van der Waals surface area contributed by atoms with E-state index in [1.54, 1.807) is 0 Å². The number of ether oxygens (including phenoxy) is 1. The van der Waals surface area contributed by atoms with Crippen LogP contribution in [0.4, 0.5) is 4.39 Å². The van der Waals surface area contributed by atoms with Crippen LogP contribution in [-0.4, -0.2) is 40.1 Å². The monoisotopic (exact) mass is 329 g/mol. The van der Waals surface area contributed by atoms with Crippen LogP contribution in [0.5, 0.6) is 5.75 Å². The van der Waals surface area contributed by atoms with Gasteiger partial charge in [-0.2, -0.15) is 0 Å². The van der Waals surface area contributed by atoms with E-state index in [9.17, 15) is 19.1 Å². The molecule has 0 saturated carbocycles. The highest BCUT2D eigenvalue weighted by atomic mass is 35.5. The SMILES string of the molecule is CC(Oc1ccc(F)cc1Cl)C(=O)N1CCCC1(C)C(=O)O. The maximum absolute atomic E-state index is 13.0. The second kappa shape index (κ2) is 6.12. The molecule has 1 amide bonds. The number of carbonyl (C=O) groups excluding carboxylic acids is 1. The number of rotatable bonds is 4. The fourth-order valence-electron chi connectivity index (χ4n) is 2.57. The smallest absolute Gasteiger partial charge is 0.329 e. The van der Waals surface area contributed by atoms with Crippen molar-refractivity contribution in [2.24, 2.45) is 0 Å². The van der Waals surface area contributed by atoms with Gasteiger partial charge < -0.3 is 14.7 Å². The normalized spacial score (nSPS) is 22.5. The number of hydrogen-bond acceptors (Lipinski definition) is 3. The summed E-state index contributed by atoms with van der Waals surface area (Å²) in [6.45, 7) is 3.41. The van der Waals surface area contributed by atoms with Gasteiger partial charge in [-0.15, -0.1) is 0 Å². The van der Waals surface area contributed by atoms with E-state index in [0.29, 0.717) is 19.4 Å². The van der Waals surface area contributed by atoms with Crippen molar-refractivity contribution < 1.29 is 23.8 Å². The minimum atomic E-state index is -1.22. The number of carboxylic acid groups (broad SMARTS) is 1. The van der Waals surface area contributed by atoms with E-state index in [1.165, 1.54) is 30.9 Å². The number of benzene rings is 1. The Hall–Kier alpha value is -1.82. The summed E-state index contributed by atoms with van der Waals surface area (Å²) in [5.74, 6) is -1.79. The summed E-state index contributed by atoms with van der Waals surface area (Å²) in [6, 6.07) is 3.60. The maximum atomic E-state index is 13.0. The summed E-state index contributed by atoms with van der Waals surface area (Å²) in [7, 11) is 0. The quantitative estimate of drug-likeness (QED) is 0.922. The number of nitrogens with zero attached hydrogens (tertiary/aromatic N) is 1. The van der Waals surface area contributed by atoms with Gasteiger partial charge in [0.05, 0.1) is 5.02 Å². The Bertz CT molecular complexity index is 609. The van der Waals surface area contributed by atoms with Crippen LogP contribution in [0.1, 0.15) is 26.7 Å². The molecular formula is C15H17ClFNO4. The molecule has 120 valence electrons. The van der Waals surface area contributed by atoms with Gasteiger partial charge in [-0.1, -0.05) is 11.6 Å². The average molecular weight is 330 g/mol. The second-order valence-electron chi connectivity index (χ2n) is 5.51. The molecule has 1 aromatic carbocycles.